The fraction of sp³-hybridized carbons (Fsp3) is 0.308. The van der Waals surface area contributed by atoms with Crippen molar-refractivity contribution in [2.45, 2.75) is 18.9 Å². The van der Waals surface area contributed by atoms with E-state index < -0.39 is 0 Å². The number of benzene rings is 1. The first kappa shape index (κ1) is 8.72. The number of likely N-dealkylation sites (N-methyl/N-ethyl adjacent to an activating group) is 1. The Morgan fingerprint density at radius 1 is 1.20 bits per heavy atom. The molecule has 2 heterocycles. The van der Waals surface area contributed by atoms with Gasteiger partial charge in [-0.2, -0.15) is 0 Å². The molecule has 2 aliphatic heterocycles. The predicted molar refractivity (Wildman–Crippen MR) is 58.5 cm³/mol. The minimum Gasteiger partial charge on any atom is -0.334 e. The molecule has 2 heteroatoms. The van der Waals surface area contributed by atoms with Gasteiger partial charge in [-0.15, -0.1) is 0 Å². The molecule has 0 spiro atoms. The highest BCUT2D eigenvalue weighted by molar-refractivity contribution is 5.90. The van der Waals surface area contributed by atoms with Crippen LogP contribution in [0, 0.1) is 0 Å². The third kappa shape index (κ3) is 0.965. The normalized spacial score (nSPS) is 27.7. The molecule has 2 nitrogen and oxygen atoms in total. The second-order valence-electron chi connectivity index (χ2n) is 4.37. The van der Waals surface area contributed by atoms with Crippen LogP contribution in [0.5, 0.6) is 0 Å². The zero-order valence-corrected chi connectivity index (χ0v) is 8.90. The van der Waals surface area contributed by atoms with E-state index in [1.165, 1.54) is 16.7 Å². The molecule has 0 fully saturated rings. The molecule has 1 amide bonds. The van der Waals surface area contributed by atoms with Crippen molar-refractivity contribution in [1.82, 2.24) is 4.90 Å². The first-order valence-electron chi connectivity index (χ1n) is 5.24. The molecule has 0 N–H and O–H groups in total. The lowest BCUT2D eigenvalue weighted by atomic mass is 9.76. The summed E-state index contributed by atoms with van der Waals surface area (Å²) in [5.74, 6) is 0.181. The Kier molecular flexibility index (Phi) is 1.58. The Bertz CT molecular complexity index is 475. The second kappa shape index (κ2) is 2.72. The van der Waals surface area contributed by atoms with Gasteiger partial charge in [0.1, 0.15) is 0 Å². The van der Waals surface area contributed by atoms with Gasteiger partial charge >= 0.3 is 0 Å². The standard InChI is InChI=1S/C13H13NO/c1-8-7-11-9-5-3-4-6-10(9)12(8)14(2)13(11)15/h3-7,11-12H,1-2H3/t11-,12-/m0/s1. The van der Waals surface area contributed by atoms with Gasteiger partial charge in [-0.3, -0.25) is 4.79 Å². The lowest BCUT2D eigenvalue weighted by molar-refractivity contribution is -0.133. The molecule has 0 saturated carbocycles. The number of hydrogen-bond acceptors (Lipinski definition) is 1. The largest absolute Gasteiger partial charge is 0.334 e. The van der Waals surface area contributed by atoms with Crippen LogP contribution >= 0.6 is 0 Å². The predicted octanol–water partition coefficient (Wildman–Crippen LogP) is 2.24. The summed E-state index contributed by atoms with van der Waals surface area (Å²) in [6, 6.07) is 8.42. The lowest BCUT2D eigenvalue weighted by Crippen LogP contribution is -2.43. The van der Waals surface area contributed by atoms with Gasteiger partial charge in [-0.1, -0.05) is 30.3 Å². The van der Waals surface area contributed by atoms with Gasteiger partial charge < -0.3 is 4.90 Å². The van der Waals surface area contributed by atoms with Crippen LogP contribution in [-0.4, -0.2) is 17.9 Å². The van der Waals surface area contributed by atoms with Gasteiger partial charge in [0, 0.05) is 7.05 Å². The Labute approximate surface area is 89.2 Å². The van der Waals surface area contributed by atoms with Crippen LogP contribution in [0.25, 0.3) is 0 Å². The zero-order valence-electron chi connectivity index (χ0n) is 8.90. The van der Waals surface area contributed by atoms with Gasteiger partial charge in [0.05, 0.1) is 12.0 Å². The average Bonchev–Trinajstić information content (AvgIpc) is 2.24. The molecular formula is C13H13NO. The van der Waals surface area contributed by atoms with Crippen LogP contribution < -0.4 is 0 Å². The van der Waals surface area contributed by atoms with Crippen molar-refractivity contribution in [3.63, 3.8) is 0 Å². The summed E-state index contributed by atoms with van der Waals surface area (Å²) >= 11 is 0. The summed E-state index contributed by atoms with van der Waals surface area (Å²) in [7, 11) is 1.90. The topological polar surface area (TPSA) is 20.3 Å². The van der Waals surface area contributed by atoms with E-state index in [0.29, 0.717) is 0 Å². The van der Waals surface area contributed by atoms with Crippen molar-refractivity contribution >= 4 is 5.91 Å². The number of amides is 1. The molecule has 2 bridgehead atoms. The maximum absolute atomic E-state index is 12.0. The zero-order chi connectivity index (χ0) is 10.6. The summed E-state index contributed by atoms with van der Waals surface area (Å²) in [6.45, 7) is 2.11. The summed E-state index contributed by atoms with van der Waals surface area (Å²) in [4.78, 5) is 13.8. The SMILES string of the molecule is CC1=C[C@@H]2C(=O)N(C)[C@@H]1c1ccccc12. The van der Waals surface area contributed by atoms with Crippen LogP contribution in [0.3, 0.4) is 0 Å². The minimum atomic E-state index is -0.0452. The van der Waals surface area contributed by atoms with E-state index >= 15 is 0 Å². The van der Waals surface area contributed by atoms with E-state index in [0.717, 1.165) is 0 Å². The Morgan fingerprint density at radius 3 is 2.60 bits per heavy atom. The van der Waals surface area contributed by atoms with Crippen molar-refractivity contribution < 1.29 is 4.79 Å². The molecule has 2 atom stereocenters. The highest BCUT2D eigenvalue weighted by Crippen LogP contribution is 2.45. The van der Waals surface area contributed by atoms with E-state index in [4.69, 9.17) is 0 Å². The first-order valence-corrected chi connectivity index (χ1v) is 5.24. The first-order chi connectivity index (χ1) is 7.20. The highest BCUT2D eigenvalue weighted by Gasteiger charge is 2.41. The smallest absolute Gasteiger partial charge is 0.234 e. The summed E-state index contributed by atoms with van der Waals surface area (Å²) in [5, 5.41) is 0. The number of hydrogen-bond donors (Lipinski definition) is 0. The maximum Gasteiger partial charge on any atom is 0.234 e. The van der Waals surface area contributed by atoms with Crippen molar-refractivity contribution in [2.24, 2.45) is 0 Å². The van der Waals surface area contributed by atoms with Crippen molar-refractivity contribution in [3.05, 3.63) is 47.0 Å². The molecule has 76 valence electrons. The number of nitrogens with zero attached hydrogens (tertiary/aromatic N) is 1. The van der Waals surface area contributed by atoms with E-state index in [1.54, 1.807) is 0 Å². The monoisotopic (exact) mass is 199 g/mol. The third-order valence-electron chi connectivity index (χ3n) is 3.49. The molecule has 1 aliphatic carbocycles. The van der Waals surface area contributed by atoms with Crippen LogP contribution in [-0.2, 0) is 4.79 Å². The molecule has 0 unspecified atom stereocenters. The summed E-state index contributed by atoms with van der Waals surface area (Å²) in [6.07, 6.45) is 2.11. The molecule has 0 saturated heterocycles. The van der Waals surface area contributed by atoms with E-state index in [2.05, 4.69) is 25.1 Å². The summed E-state index contributed by atoms with van der Waals surface area (Å²) in [5.41, 5.74) is 3.78. The Hall–Kier alpha value is -1.57. The maximum atomic E-state index is 12.0. The van der Waals surface area contributed by atoms with Crippen molar-refractivity contribution in [2.75, 3.05) is 7.05 Å². The number of rotatable bonds is 0. The molecule has 4 rings (SSSR count). The second-order valence-corrected chi connectivity index (χ2v) is 4.37. The molecule has 1 aromatic rings. The number of carbonyl (C=O) groups excluding carboxylic acids is 1. The lowest BCUT2D eigenvalue weighted by Gasteiger charge is -2.43. The quantitative estimate of drug-likeness (QED) is 0.587. The van der Waals surface area contributed by atoms with E-state index in [9.17, 15) is 4.79 Å². The Balaban J connectivity index is 2.28. The van der Waals surface area contributed by atoms with Gasteiger partial charge in [-0.05, 0) is 23.6 Å². The van der Waals surface area contributed by atoms with Crippen LogP contribution in [0.4, 0.5) is 0 Å². The molecule has 0 radical (unpaired) electrons. The van der Waals surface area contributed by atoms with Crippen LogP contribution in [0.2, 0.25) is 0 Å². The fourth-order valence-corrected chi connectivity index (χ4v) is 2.80. The van der Waals surface area contributed by atoms with Crippen LogP contribution in [0.15, 0.2) is 35.9 Å². The van der Waals surface area contributed by atoms with Gasteiger partial charge in [0.2, 0.25) is 5.91 Å². The average molecular weight is 199 g/mol. The molecule has 15 heavy (non-hydrogen) atoms. The van der Waals surface area contributed by atoms with Gasteiger partial charge in [-0.25, -0.2) is 0 Å². The van der Waals surface area contributed by atoms with E-state index in [1.807, 2.05) is 24.1 Å². The molecular weight excluding hydrogens is 186 g/mol. The molecule has 0 aromatic heterocycles. The Morgan fingerprint density at radius 2 is 1.87 bits per heavy atom. The fourth-order valence-electron chi connectivity index (χ4n) is 2.80. The van der Waals surface area contributed by atoms with Gasteiger partial charge in [0.15, 0.2) is 0 Å². The molecule has 1 aromatic carbocycles. The number of carbonyl (C=O) groups is 1. The van der Waals surface area contributed by atoms with Crippen LogP contribution in [0.1, 0.15) is 30.0 Å². The van der Waals surface area contributed by atoms with Gasteiger partial charge in [0.25, 0.3) is 0 Å². The third-order valence-corrected chi connectivity index (χ3v) is 3.49. The van der Waals surface area contributed by atoms with E-state index in [-0.39, 0.29) is 17.9 Å². The van der Waals surface area contributed by atoms with Crippen molar-refractivity contribution in [3.8, 4) is 0 Å². The molecule has 3 aliphatic rings. The number of fused-ring (bicyclic) bond motifs is 1. The van der Waals surface area contributed by atoms with Crippen molar-refractivity contribution in [1.29, 1.82) is 0 Å². The highest BCUT2D eigenvalue weighted by atomic mass is 16.2. The summed E-state index contributed by atoms with van der Waals surface area (Å²) < 4.78 is 0. The minimum absolute atomic E-state index is 0.0452.